The third-order valence-corrected chi connectivity index (χ3v) is 0.800. The van der Waals surface area contributed by atoms with Gasteiger partial charge in [-0.3, -0.25) is 0 Å². The van der Waals surface area contributed by atoms with Gasteiger partial charge in [0, 0.05) is 5.69 Å². The molecule has 0 unspecified atom stereocenters. The van der Waals surface area contributed by atoms with Crippen LogP contribution in [-0.2, 0) is 0 Å². The number of benzene rings is 1. The molecule has 0 aliphatic heterocycles. The standard InChI is InChI=1S/C6H7N.BH3O3.Li.H/c7-6-4-2-1-3-5-6;2-1(3)4;;/h1-5H,7H2;2-4H;;. The van der Waals surface area contributed by atoms with E-state index in [4.69, 9.17) is 20.8 Å². The van der Waals surface area contributed by atoms with Crippen LogP contribution in [0.4, 0.5) is 5.69 Å². The molecule has 0 atom stereocenters. The maximum absolute atomic E-state index is 7.17. The van der Waals surface area contributed by atoms with Gasteiger partial charge in [-0.2, -0.15) is 0 Å². The Morgan fingerprint density at radius 1 is 1.00 bits per heavy atom. The first kappa shape index (κ1) is 14.1. The van der Waals surface area contributed by atoms with Crippen LogP contribution in [0.5, 0.6) is 0 Å². The number of para-hydroxylation sites is 1. The van der Waals surface area contributed by atoms with E-state index in [1.807, 2.05) is 30.3 Å². The Balaban J connectivity index is 0. The van der Waals surface area contributed by atoms with Crippen LogP contribution in [-0.4, -0.2) is 41.3 Å². The monoisotopic (exact) mass is 163 g/mol. The molecule has 0 aliphatic carbocycles. The van der Waals surface area contributed by atoms with Gasteiger partial charge in [0.05, 0.1) is 0 Å². The molecule has 0 spiro atoms. The Morgan fingerprint density at radius 3 is 1.50 bits per heavy atom. The number of hydrogen-bond donors (Lipinski definition) is 4. The molecule has 4 nitrogen and oxygen atoms in total. The van der Waals surface area contributed by atoms with Crippen molar-refractivity contribution in [1.82, 2.24) is 0 Å². The second kappa shape index (κ2) is 8.66. The minimum absolute atomic E-state index is 0. The van der Waals surface area contributed by atoms with E-state index >= 15 is 0 Å². The molecule has 12 heavy (non-hydrogen) atoms. The molecule has 5 N–H and O–H groups in total. The van der Waals surface area contributed by atoms with E-state index in [0.717, 1.165) is 5.69 Å². The molecule has 0 saturated heterocycles. The SMILES string of the molecule is Nc1ccccc1.OB(O)O.[LiH]. The summed E-state index contributed by atoms with van der Waals surface area (Å²) in [4.78, 5) is 0. The Hall–Kier alpha value is -0.438. The van der Waals surface area contributed by atoms with Crippen LogP contribution in [0.15, 0.2) is 30.3 Å². The van der Waals surface area contributed by atoms with Crippen LogP contribution in [0.2, 0.25) is 0 Å². The minimum atomic E-state index is -2.17. The van der Waals surface area contributed by atoms with Gasteiger partial charge in [0.1, 0.15) is 0 Å². The fourth-order valence-electron chi connectivity index (χ4n) is 0.453. The first-order valence-electron chi connectivity index (χ1n) is 2.97. The molecule has 0 aromatic heterocycles. The molecule has 1 aromatic carbocycles. The zero-order chi connectivity index (χ0) is 8.69. The molecule has 0 amide bonds. The Labute approximate surface area is 83.4 Å². The third-order valence-electron chi connectivity index (χ3n) is 0.800. The molecule has 0 heterocycles. The van der Waals surface area contributed by atoms with Crippen LogP contribution >= 0.6 is 0 Å². The third kappa shape index (κ3) is 12.3. The van der Waals surface area contributed by atoms with E-state index in [1.165, 1.54) is 0 Å². The molecule has 62 valence electrons. The predicted octanol–water partition coefficient (Wildman–Crippen LogP) is -1.43. The second-order valence-corrected chi connectivity index (χ2v) is 1.76. The summed E-state index contributed by atoms with van der Waals surface area (Å²) < 4.78 is 0. The first-order chi connectivity index (χ1) is 5.13. The molecule has 0 fully saturated rings. The Bertz CT molecular complexity index is 183. The molecule has 6 heteroatoms. The van der Waals surface area contributed by atoms with Crippen LogP contribution < -0.4 is 5.73 Å². The van der Waals surface area contributed by atoms with Gasteiger partial charge in [-0.25, -0.2) is 0 Å². The van der Waals surface area contributed by atoms with Gasteiger partial charge in [0.15, 0.2) is 0 Å². The molecule has 0 radical (unpaired) electrons. The van der Waals surface area contributed by atoms with Crippen molar-refractivity contribution in [2.75, 3.05) is 5.73 Å². The summed E-state index contributed by atoms with van der Waals surface area (Å²) in [5.74, 6) is 0. The Morgan fingerprint density at radius 2 is 1.33 bits per heavy atom. The normalized spacial score (nSPS) is 7.25. The number of nitrogens with two attached hydrogens (primary N) is 1. The van der Waals surface area contributed by atoms with Gasteiger partial charge in [0.2, 0.25) is 0 Å². The van der Waals surface area contributed by atoms with Crippen LogP contribution in [0.25, 0.3) is 0 Å². The summed E-state index contributed by atoms with van der Waals surface area (Å²) in [7, 11) is -2.17. The fraction of sp³-hybridized carbons (Fsp3) is 0. The van der Waals surface area contributed by atoms with Crippen molar-refractivity contribution < 1.29 is 15.1 Å². The van der Waals surface area contributed by atoms with Crippen molar-refractivity contribution >= 4 is 31.9 Å². The van der Waals surface area contributed by atoms with Crippen molar-refractivity contribution in [2.45, 2.75) is 0 Å². The number of nitrogen functional groups attached to an aromatic ring is 1. The molecule has 0 bridgehead atoms. The quantitative estimate of drug-likeness (QED) is 0.279. The zero-order valence-electron chi connectivity index (χ0n) is 5.88. The molecular formula is C6H11BLiNO3. The number of hydrogen-bond acceptors (Lipinski definition) is 4. The van der Waals surface area contributed by atoms with Crippen molar-refractivity contribution in [3.05, 3.63) is 30.3 Å². The summed E-state index contributed by atoms with van der Waals surface area (Å²) in [6, 6.07) is 9.49. The van der Waals surface area contributed by atoms with E-state index < -0.39 is 7.32 Å². The average Bonchev–Trinajstić information content (AvgIpc) is 1.87. The van der Waals surface area contributed by atoms with Gasteiger partial charge in [-0.1, -0.05) is 18.2 Å². The van der Waals surface area contributed by atoms with Crippen molar-refractivity contribution in [1.29, 1.82) is 0 Å². The van der Waals surface area contributed by atoms with Gasteiger partial charge in [0.25, 0.3) is 0 Å². The molecular weight excluding hydrogens is 152 g/mol. The number of rotatable bonds is 0. The summed E-state index contributed by atoms with van der Waals surface area (Å²) in [6.07, 6.45) is 0. The second-order valence-electron chi connectivity index (χ2n) is 1.76. The van der Waals surface area contributed by atoms with E-state index in [0.29, 0.717) is 0 Å². The first-order valence-corrected chi connectivity index (χ1v) is 2.97. The van der Waals surface area contributed by atoms with Crippen molar-refractivity contribution in [3.8, 4) is 0 Å². The van der Waals surface area contributed by atoms with Crippen molar-refractivity contribution in [2.24, 2.45) is 0 Å². The molecule has 1 aromatic rings. The van der Waals surface area contributed by atoms with Gasteiger partial charge >= 0.3 is 26.2 Å². The molecule has 0 saturated carbocycles. The van der Waals surface area contributed by atoms with Crippen LogP contribution in [0.3, 0.4) is 0 Å². The predicted molar refractivity (Wildman–Crippen MR) is 50.4 cm³/mol. The van der Waals surface area contributed by atoms with Crippen LogP contribution in [0.1, 0.15) is 0 Å². The zero-order valence-corrected chi connectivity index (χ0v) is 5.88. The molecule has 0 aliphatic rings. The summed E-state index contributed by atoms with van der Waals surface area (Å²) in [5.41, 5.74) is 6.18. The van der Waals surface area contributed by atoms with E-state index in [2.05, 4.69) is 0 Å². The van der Waals surface area contributed by atoms with E-state index in [9.17, 15) is 0 Å². The van der Waals surface area contributed by atoms with Gasteiger partial charge < -0.3 is 20.8 Å². The van der Waals surface area contributed by atoms with Crippen LogP contribution in [0, 0.1) is 0 Å². The molecule has 1 rings (SSSR count). The number of anilines is 1. The van der Waals surface area contributed by atoms with Crippen molar-refractivity contribution in [3.63, 3.8) is 0 Å². The Kier molecular flexibility index (Phi) is 10.2. The summed E-state index contributed by atoms with van der Waals surface area (Å²) in [5, 5.41) is 21.5. The summed E-state index contributed by atoms with van der Waals surface area (Å²) >= 11 is 0. The topological polar surface area (TPSA) is 86.7 Å². The van der Waals surface area contributed by atoms with Gasteiger partial charge in [-0.05, 0) is 12.1 Å². The van der Waals surface area contributed by atoms with Gasteiger partial charge in [-0.15, -0.1) is 0 Å². The van der Waals surface area contributed by atoms with E-state index in [1.54, 1.807) is 0 Å². The fourth-order valence-corrected chi connectivity index (χ4v) is 0.453. The summed E-state index contributed by atoms with van der Waals surface area (Å²) in [6.45, 7) is 0. The maximum atomic E-state index is 7.17. The van der Waals surface area contributed by atoms with E-state index in [-0.39, 0.29) is 18.9 Å². The average molecular weight is 163 g/mol.